The first-order chi connectivity index (χ1) is 10.6. The minimum absolute atomic E-state index is 0.144. The number of carbonyl (C=O) groups is 1. The van der Waals surface area contributed by atoms with Crippen molar-refractivity contribution in [2.24, 2.45) is 0 Å². The highest BCUT2D eigenvalue weighted by molar-refractivity contribution is 6.10. The zero-order valence-electron chi connectivity index (χ0n) is 13.3. The average Bonchev–Trinajstić information content (AvgIpc) is 2.52. The molecule has 3 nitrogen and oxygen atoms in total. The number of benzene rings is 2. The van der Waals surface area contributed by atoms with Crippen molar-refractivity contribution in [2.75, 3.05) is 14.2 Å². The molecule has 0 N–H and O–H groups in total. The van der Waals surface area contributed by atoms with E-state index < -0.39 is 0 Å². The van der Waals surface area contributed by atoms with Crippen molar-refractivity contribution < 1.29 is 14.3 Å². The lowest BCUT2D eigenvalue weighted by molar-refractivity contribution is 0.104. The van der Waals surface area contributed by atoms with Crippen LogP contribution in [0.2, 0.25) is 0 Å². The minimum Gasteiger partial charge on any atom is -0.496 e. The molecule has 0 unspecified atom stereocenters. The van der Waals surface area contributed by atoms with E-state index in [0.717, 1.165) is 11.1 Å². The zero-order valence-corrected chi connectivity index (χ0v) is 13.3. The molecule has 0 saturated carbocycles. The number of hydrogen-bond donors (Lipinski definition) is 0. The summed E-state index contributed by atoms with van der Waals surface area (Å²) in [5.41, 5.74) is 3.80. The van der Waals surface area contributed by atoms with Gasteiger partial charge in [0, 0.05) is 0 Å². The van der Waals surface area contributed by atoms with Crippen molar-refractivity contribution in [2.45, 2.75) is 13.8 Å². The van der Waals surface area contributed by atoms with E-state index in [9.17, 15) is 4.79 Å². The second-order valence-corrected chi connectivity index (χ2v) is 5.10. The topological polar surface area (TPSA) is 35.5 Å². The quantitative estimate of drug-likeness (QED) is 0.612. The molecule has 2 aromatic carbocycles. The van der Waals surface area contributed by atoms with E-state index in [2.05, 4.69) is 6.07 Å². The Labute approximate surface area is 131 Å². The SMILES string of the molecule is COc1cccc(OC)c1C(=O)/C=C/c1ccc(C)cc1C. The molecule has 0 fully saturated rings. The first kappa shape index (κ1) is 15.8. The van der Waals surface area contributed by atoms with Gasteiger partial charge in [0.1, 0.15) is 17.1 Å². The zero-order chi connectivity index (χ0) is 16.1. The summed E-state index contributed by atoms with van der Waals surface area (Å²) < 4.78 is 10.5. The molecule has 0 radical (unpaired) electrons. The summed E-state index contributed by atoms with van der Waals surface area (Å²) in [6.07, 6.45) is 3.38. The Morgan fingerprint density at radius 3 is 2.18 bits per heavy atom. The molecule has 0 aromatic heterocycles. The highest BCUT2D eigenvalue weighted by Gasteiger charge is 2.15. The second-order valence-electron chi connectivity index (χ2n) is 5.10. The summed E-state index contributed by atoms with van der Waals surface area (Å²) in [5.74, 6) is 0.874. The number of allylic oxidation sites excluding steroid dienone is 1. The first-order valence-electron chi connectivity index (χ1n) is 7.07. The van der Waals surface area contributed by atoms with Crippen molar-refractivity contribution in [3.05, 3.63) is 64.7 Å². The van der Waals surface area contributed by atoms with E-state index in [1.54, 1.807) is 38.5 Å². The summed E-state index contributed by atoms with van der Waals surface area (Å²) in [6.45, 7) is 4.08. The fraction of sp³-hybridized carbons (Fsp3) is 0.211. The molecule has 2 rings (SSSR count). The molecule has 0 heterocycles. The first-order valence-corrected chi connectivity index (χ1v) is 7.07. The molecular weight excluding hydrogens is 276 g/mol. The molecule has 0 spiro atoms. The van der Waals surface area contributed by atoms with Crippen LogP contribution in [0.15, 0.2) is 42.5 Å². The Hall–Kier alpha value is -2.55. The molecule has 0 aliphatic rings. The molecule has 3 heteroatoms. The Bertz CT molecular complexity index is 692. The summed E-state index contributed by atoms with van der Waals surface area (Å²) in [6, 6.07) is 11.4. The maximum atomic E-state index is 12.5. The molecule has 0 saturated heterocycles. The van der Waals surface area contributed by atoms with Crippen LogP contribution in [0, 0.1) is 13.8 Å². The molecular formula is C19H20O3. The van der Waals surface area contributed by atoms with Crippen LogP contribution in [0.5, 0.6) is 11.5 Å². The van der Waals surface area contributed by atoms with Crippen molar-refractivity contribution in [3.63, 3.8) is 0 Å². The van der Waals surface area contributed by atoms with Crippen LogP contribution in [-0.2, 0) is 0 Å². The third-order valence-electron chi connectivity index (χ3n) is 3.51. The van der Waals surface area contributed by atoms with Gasteiger partial charge < -0.3 is 9.47 Å². The molecule has 0 aliphatic carbocycles. The van der Waals surface area contributed by atoms with Crippen molar-refractivity contribution >= 4 is 11.9 Å². The number of hydrogen-bond acceptors (Lipinski definition) is 3. The highest BCUT2D eigenvalue weighted by Crippen LogP contribution is 2.29. The van der Waals surface area contributed by atoms with Gasteiger partial charge in [0.15, 0.2) is 5.78 Å². The standard InChI is InChI=1S/C19H20O3/c1-13-8-9-15(14(2)12-13)10-11-16(20)19-17(21-3)6-5-7-18(19)22-4/h5-12H,1-4H3/b11-10+. The number of carbonyl (C=O) groups excluding carboxylic acids is 1. The van der Waals surface area contributed by atoms with Gasteiger partial charge in [-0.15, -0.1) is 0 Å². The lowest BCUT2D eigenvalue weighted by Crippen LogP contribution is -2.02. The van der Waals surface area contributed by atoms with Crippen molar-refractivity contribution in [1.82, 2.24) is 0 Å². The van der Waals surface area contributed by atoms with E-state index in [4.69, 9.17) is 9.47 Å². The summed E-state index contributed by atoms with van der Waals surface area (Å²) in [4.78, 5) is 12.5. The maximum absolute atomic E-state index is 12.5. The third-order valence-corrected chi connectivity index (χ3v) is 3.51. The van der Waals surface area contributed by atoms with Crippen LogP contribution < -0.4 is 9.47 Å². The summed E-state index contributed by atoms with van der Waals surface area (Å²) in [5, 5.41) is 0. The monoisotopic (exact) mass is 296 g/mol. The van der Waals surface area contributed by atoms with E-state index in [0.29, 0.717) is 17.1 Å². The van der Waals surface area contributed by atoms with Gasteiger partial charge in [0.2, 0.25) is 0 Å². The normalized spacial score (nSPS) is 10.7. The van der Waals surface area contributed by atoms with Crippen LogP contribution >= 0.6 is 0 Å². The summed E-state index contributed by atoms with van der Waals surface area (Å²) in [7, 11) is 3.08. The van der Waals surface area contributed by atoms with Gasteiger partial charge in [-0.05, 0) is 43.2 Å². The number of methoxy groups -OCH3 is 2. The van der Waals surface area contributed by atoms with E-state index in [1.165, 1.54) is 5.56 Å². The van der Waals surface area contributed by atoms with Gasteiger partial charge in [-0.25, -0.2) is 0 Å². The van der Waals surface area contributed by atoms with E-state index in [-0.39, 0.29) is 5.78 Å². The van der Waals surface area contributed by atoms with Crippen LogP contribution in [-0.4, -0.2) is 20.0 Å². The smallest absolute Gasteiger partial charge is 0.193 e. The van der Waals surface area contributed by atoms with Crippen molar-refractivity contribution in [1.29, 1.82) is 0 Å². The predicted octanol–water partition coefficient (Wildman–Crippen LogP) is 4.22. The molecule has 22 heavy (non-hydrogen) atoms. The lowest BCUT2D eigenvalue weighted by atomic mass is 10.0. The molecule has 0 bridgehead atoms. The predicted molar refractivity (Wildman–Crippen MR) is 88.8 cm³/mol. The van der Waals surface area contributed by atoms with Gasteiger partial charge in [-0.3, -0.25) is 4.79 Å². The van der Waals surface area contributed by atoms with Crippen molar-refractivity contribution in [3.8, 4) is 11.5 Å². The second kappa shape index (κ2) is 6.94. The summed E-state index contributed by atoms with van der Waals surface area (Å²) >= 11 is 0. The average molecular weight is 296 g/mol. The number of ketones is 1. The molecule has 114 valence electrons. The molecule has 0 atom stereocenters. The molecule has 2 aromatic rings. The largest absolute Gasteiger partial charge is 0.496 e. The Kier molecular flexibility index (Phi) is 4.99. The van der Waals surface area contributed by atoms with Crippen LogP contribution in [0.3, 0.4) is 0 Å². The van der Waals surface area contributed by atoms with Crippen LogP contribution in [0.1, 0.15) is 27.0 Å². The lowest BCUT2D eigenvalue weighted by Gasteiger charge is -2.10. The highest BCUT2D eigenvalue weighted by atomic mass is 16.5. The molecule has 0 amide bonds. The van der Waals surface area contributed by atoms with Gasteiger partial charge in [0.25, 0.3) is 0 Å². The third kappa shape index (κ3) is 3.37. The van der Waals surface area contributed by atoms with Crippen LogP contribution in [0.4, 0.5) is 0 Å². The van der Waals surface area contributed by atoms with Gasteiger partial charge >= 0.3 is 0 Å². The van der Waals surface area contributed by atoms with Gasteiger partial charge in [0.05, 0.1) is 14.2 Å². The number of aryl methyl sites for hydroxylation is 2. The van der Waals surface area contributed by atoms with Gasteiger partial charge in [-0.1, -0.05) is 35.9 Å². The van der Waals surface area contributed by atoms with Crippen LogP contribution in [0.25, 0.3) is 6.08 Å². The minimum atomic E-state index is -0.144. The molecule has 0 aliphatic heterocycles. The Morgan fingerprint density at radius 2 is 1.64 bits per heavy atom. The number of ether oxygens (including phenoxy) is 2. The van der Waals surface area contributed by atoms with Gasteiger partial charge in [-0.2, -0.15) is 0 Å². The fourth-order valence-corrected chi connectivity index (χ4v) is 2.36. The Balaban J connectivity index is 2.35. The fourth-order valence-electron chi connectivity index (χ4n) is 2.36. The Morgan fingerprint density at radius 1 is 1.00 bits per heavy atom. The van der Waals surface area contributed by atoms with E-state index >= 15 is 0 Å². The van der Waals surface area contributed by atoms with E-state index in [1.807, 2.05) is 32.1 Å². The maximum Gasteiger partial charge on any atom is 0.193 e. The number of rotatable bonds is 5.